The molecule has 2 rings (SSSR count). The molecule has 1 aromatic rings. The summed E-state index contributed by atoms with van der Waals surface area (Å²) in [5.74, 6) is 0.400. The van der Waals surface area contributed by atoms with Crippen molar-refractivity contribution in [1.82, 2.24) is 4.90 Å². The molecule has 5 nitrogen and oxygen atoms in total. The number of hydrogen-bond acceptors (Lipinski definition) is 4. The van der Waals surface area contributed by atoms with Crippen molar-refractivity contribution in [2.24, 2.45) is 5.92 Å². The minimum Gasteiger partial charge on any atom is -0.481 e. The molecule has 0 spiro atoms. The van der Waals surface area contributed by atoms with Gasteiger partial charge in [0.15, 0.2) is 6.10 Å². The van der Waals surface area contributed by atoms with E-state index >= 15 is 0 Å². The Bertz CT molecular complexity index is 556. The molecule has 0 bridgehead atoms. The van der Waals surface area contributed by atoms with Crippen LogP contribution >= 0.6 is 0 Å². The summed E-state index contributed by atoms with van der Waals surface area (Å²) in [6.07, 6.45) is 0.759. The van der Waals surface area contributed by atoms with E-state index in [2.05, 4.69) is 6.07 Å². The van der Waals surface area contributed by atoms with Gasteiger partial charge in [0, 0.05) is 13.1 Å². The number of benzene rings is 1. The summed E-state index contributed by atoms with van der Waals surface area (Å²) in [6.45, 7) is 6.92. The second kappa shape index (κ2) is 7.49. The van der Waals surface area contributed by atoms with Crippen molar-refractivity contribution in [3.8, 4) is 5.75 Å². The van der Waals surface area contributed by atoms with Crippen LogP contribution in [-0.4, -0.2) is 43.1 Å². The van der Waals surface area contributed by atoms with Crippen LogP contribution in [-0.2, 0) is 14.3 Å². The fourth-order valence-corrected chi connectivity index (χ4v) is 3.01. The first-order valence-electron chi connectivity index (χ1n) is 8.02. The van der Waals surface area contributed by atoms with Gasteiger partial charge in [0.05, 0.1) is 13.0 Å². The number of likely N-dealkylation sites (tertiary alicyclic amines) is 1. The number of esters is 1. The summed E-state index contributed by atoms with van der Waals surface area (Å²) >= 11 is 0. The molecule has 1 aliphatic rings. The van der Waals surface area contributed by atoms with Crippen molar-refractivity contribution in [3.63, 3.8) is 0 Å². The van der Waals surface area contributed by atoms with Gasteiger partial charge in [-0.15, -0.1) is 0 Å². The van der Waals surface area contributed by atoms with Gasteiger partial charge >= 0.3 is 5.97 Å². The molecular weight excluding hydrogens is 294 g/mol. The highest BCUT2D eigenvalue weighted by atomic mass is 16.5. The molecule has 1 aromatic carbocycles. The molecule has 1 aliphatic heterocycles. The summed E-state index contributed by atoms with van der Waals surface area (Å²) in [4.78, 5) is 25.8. The van der Waals surface area contributed by atoms with E-state index in [9.17, 15) is 9.59 Å². The second-order valence-corrected chi connectivity index (χ2v) is 6.21. The van der Waals surface area contributed by atoms with Gasteiger partial charge in [-0.2, -0.15) is 0 Å². The molecular formula is C18H25NO4. The zero-order valence-electron chi connectivity index (χ0n) is 14.3. The number of hydrogen-bond donors (Lipinski definition) is 0. The van der Waals surface area contributed by atoms with Crippen molar-refractivity contribution >= 4 is 11.9 Å². The van der Waals surface area contributed by atoms with Crippen LogP contribution < -0.4 is 4.74 Å². The van der Waals surface area contributed by atoms with E-state index in [-0.39, 0.29) is 17.8 Å². The van der Waals surface area contributed by atoms with Crippen LogP contribution in [0.1, 0.15) is 30.9 Å². The number of methoxy groups -OCH3 is 1. The Morgan fingerprint density at radius 1 is 1.13 bits per heavy atom. The fourth-order valence-electron chi connectivity index (χ4n) is 3.01. The second-order valence-electron chi connectivity index (χ2n) is 6.21. The maximum atomic E-state index is 12.5. The zero-order chi connectivity index (χ0) is 17.0. The average molecular weight is 319 g/mol. The first kappa shape index (κ1) is 17.3. The van der Waals surface area contributed by atoms with Gasteiger partial charge in [-0.05, 0) is 56.9 Å². The summed E-state index contributed by atoms with van der Waals surface area (Å²) in [5.41, 5.74) is 2.22. The van der Waals surface area contributed by atoms with Gasteiger partial charge in [-0.25, -0.2) is 0 Å². The topological polar surface area (TPSA) is 55.8 Å². The highest BCUT2D eigenvalue weighted by Gasteiger charge is 2.30. The average Bonchev–Trinajstić information content (AvgIpc) is 2.52. The Kier molecular flexibility index (Phi) is 5.64. The van der Waals surface area contributed by atoms with Crippen LogP contribution in [0.15, 0.2) is 18.2 Å². The van der Waals surface area contributed by atoms with Gasteiger partial charge in [-0.3, -0.25) is 9.59 Å². The lowest BCUT2D eigenvalue weighted by Gasteiger charge is -2.32. The summed E-state index contributed by atoms with van der Waals surface area (Å²) in [7, 11) is 1.40. The molecule has 1 saturated heterocycles. The number of aryl methyl sites for hydroxylation is 2. The molecule has 23 heavy (non-hydrogen) atoms. The highest BCUT2D eigenvalue weighted by Crippen LogP contribution is 2.21. The van der Waals surface area contributed by atoms with Crippen LogP contribution in [0.25, 0.3) is 0 Å². The number of carbonyl (C=O) groups excluding carboxylic acids is 2. The van der Waals surface area contributed by atoms with Crippen molar-refractivity contribution < 1.29 is 19.1 Å². The molecule has 5 heteroatoms. The highest BCUT2D eigenvalue weighted by molar-refractivity contribution is 5.81. The summed E-state index contributed by atoms with van der Waals surface area (Å²) in [5, 5.41) is 0. The SMILES string of the molecule is COC(=O)C1CCN(C(=O)C(C)Oc2cc(C)cc(C)c2)CC1. The third-order valence-electron chi connectivity index (χ3n) is 4.20. The summed E-state index contributed by atoms with van der Waals surface area (Å²) < 4.78 is 10.6. The minimum absolute atomic E-state index is 0.0347. The molecule has 1 amide bonds. The third-order valence-corrected chi connectivity index (χ3v) is 4.20. The van der Waals surface area contributed by atoms with Crippen molar-refractivity contribution in [3.05, 3.63) is 29.3 Å². The molecule has 126 valence electrons. The number of piperidine rings is 1. The van der Waals surface area contributed by atoms with Gasteiger partial charge in [-0.1, -0.05) is 6.07 Å². The molecule has 1 atom stereocenters. The lowest BCUT2D eigenvalue weighted by molar-refractivity contribution is -0.150. The molecule has 0 aliphatic carbocycles. The Morgan fingerprint density at radius 3 is 2.22 bits per heavy atom. The molecule has 0 saturated carbocycles. The van der Waals surface area contributed by atoms with Crippen LogP contribution in [0.2, 0.25) is 0 Å². The van der Waals surface area contributed by atoms with Crippen LogP contribution in [0.5, 0.6) is 5.75 Å². The van der Waals surface area contributed by atoms with E-state index in [4.69, 9.17) is 9.47 Å². The van der Waals surface area contributed by atoms with Crippen molar-refractivity contribution in [2.45, 2.75) is 39.7 Å². The van der Waals surface area contributed by atoms with E-state index in [1.807, 2.05) is 26.0 Å². The number of nitrogens with zero attached hydrogens (tertiary/aromatic N) is 1. The van der Waals surface area contributed by atoms with Gasteiger partial charge in [0.2, 0.25) is 0 Å². The molecule has 0 radical (unpaired) electrons. The standard InChI is InChI=1S/C18H25NO4/c1-12-9-13(2)11-16(10-12)23-14(3)17(20)19-7-5-15(6-8-19)18(21)22-4/h9-11,14-15H,5-8H2,1-4H3. The van der Waals surface area contributed by atoms with E-state index < -0.39 is 6.10 Å². The predicted octanol–water partition coefficient (Wildman–Crippen LogP) is 2.48. The van der Waals surface area contributed by atoms with E-state index in [0.29, 0.717) is 31.7 Å². The summed E-state index contributed by atoms with van der Waals surface area (Å²) in [6, 6.07) is 5.93. The van der Waals surface area contributed by atoms with E-state index in [1.165, 1.54) is 7.11 Å². The number of rotatable bonds is 4. The fraction of sp³-hybridized carbons (Fsp3) is 0.556. The van der Waals surface area contributed by atoms with Crippen molar-refractivity contribution in [1.29, 1.82) is 0 Å². The first-order chi connectivity index (χ1) is 10.9. The third kappa shape index (κ3) is 4.47. The molecule has 0 N–H and O–H groups in total. The van der Waals surface area contributed by atoms with Crippen LogP contribution in [0.3, 0.4) is 0 Å². The zero-order valence-corrected chi connectivity index (χ0v) is 14.3. The Labute approximate surface area is 137 Å². The van der Waals surface area contributed by atoms with Crippen LogP contribution in [0.4, 0.5) is 0 Å². The quantitative estimate of drug-likeness (QED) is 0.800. The van der Waals surface area contributed by atoms with Gasteiger partial charge in [0.1, 0.15) is 5.75 Å². The predicted molar refractivity (Wildman–Crippen MR) is 87.3 cm³/mol. The largest absolute Gasteiger partial charge is 0.481 e. The lowest BCUT2D eigenvalue weighted by Crippen LogP contribution is -2.45. The van der Waals surface area contributed by atoms with Crippen molar-refractivity contribution in [2.75, 3.05) is 20.2 Å². The number of amides is 1. The maximum absolute atomic E-state index is 12.5. The lowest BCUT2D eigenvalue weighted by atomic mass is 9.97. The number of carbonyl (C=O) groups is 2. The monoisotopic (exact) mass is 319 g/mol. The van der Waals surface area contributed by atoms with Gasteiger partial charge < -0.3 is 14.4 Å². The normalized spacial score (nSPS) is 16.8. The first-order valence-corrected chi connectivity index (χ1v) is 8.02. The minimum atomic E-state index is -0.536. The molecule has 1 unspecified atom stereocenters. The molecule has 1 fully saturated rings. The molecule has 1 heterocycles. The Hall–Kier alpha value is -2.04. The van der Waals surface area contributed by atoms with E-state index in [1.54, 1.807) is 11.8 Å². The van der Waals surface area contributed by atoms with Crippen LogP contribution in [0, 0.1) is 19.8 Å². The maximum Gasteiger partial charge on any atom is 0.308 e. The number of ether oxygens (including phenoxy) is 2. The Balaban J connectivity index is 1.91. The smallest absolute Gasteiger partial charge is 0.308 e. The Morgan fingerprint density at radius 2 is 1.70 bits per heavy atom. The van der Waals surface area contributed by atoms with E-state index in [0.717, 1.165) is 11.1 Å². The molecule has 0 aromatic heterocycles. The van der Waals surface area contributed by atoms with Gasteiger partial charge in [0.25, 0.3) is 5.91 Å².